The third-order valence-electron chi connectivity index (χ3n) is 4.52. The van der Waals surface area contributed by atoms with Gasteiger partial charge in [0.05, 0.1) is 17.7 Å². The number of amides is 1. The fourth-order valence-corrected chi connectivity index (χ4v) is 2.98. The van der Waals surface area contributed by atoms with Gasteiger partial charge in [-0.2, -0.15) is 13.2 Å². The van der Waals surface area contributed by atoms with Gasteiger partial charge < -0.3 is 10.2 Å². The van der Waals surface area contributed by atoms with Gasteiger partial charge in [0.15, 0.2) is 0 Å². The van der Waals surface area contributed by atoms with Crippen LogP contribution in [0.15, 0.2) is 72.8 Å². The van der Waals surface area contributed by atoms with Gasteiger partial charge in [-0.25, -0.2) is 0 Å². The molecule has 0 radical (unpaired) electrons. The highest BCUT2D eigenvalue weighted by Crippen LogP contribution is 2.37. The standard InChI is InChI=1S/C23H21F3N2O/c1-28(2)19-12-13-21(20(15-19)23(24,25)26)27-22(29)14-16-8-10-18(11-9-16)17-6-4-3-5-7-17/h3-13,15H,14H2,1-2H3,(H,27,29). The number of rotatable bonds is 5. The third-order valence-corrected chi connectivity index (χ3v) is 4.52. The molecular weight excluding hydrogens is 377 g/mol. The molecule has 1 N–H and O–H groups in total. The summed E-state index contributed by atoms with van der Waals surface area (Å²) >= 11 is 0. The van der Waals surface area contributed by atoms with Gasteiger partial charge in [-0.15, -0.1) is 0 Å². The van der Waals surface area contributed by atoms with Crippen molar-refractivity contribution in [3.05, 3.63) is 83.9 Å². The molecule has 29 heavy (non-hydrogen) atoms. The minimum Gasteiger partial charge on any atom is -0.378 e. The molecule has 3 aromatic rings. The largest absolute Gasteiger partial charge is 0.418 e. The molecule has 1 amide bonds. The molecule has 0 heterocycles. The second-order valence-electron chi connectivity index (χ2n) is 6.91. The van der Waals surface area contributed by atoms with E-state index in [2.05, 4.69) is 5.32 Å². The quantitative estimate of drug-likeness (QED) is 0.605. The van der Waals surface area contributed by atoms with Crippen LogP contribution in [0.25, 0.3) is 11.1 Å². The molecule has 0 saturated heterocycles. The molecule has 0 atom stereocenters. The van der Waals surface area contributed by atoms with Gasteiger partial charge in [-0.1, -0.05) is 54.6 Å². The lowest BCUT2D eigenvalue weighted by molar-refractivity contribution is -0.136. The van der Waals surface area contributed by atoms with Crippen molar-refractivity contribution < 1.29 is 18.0 Å². The van der Waals surface area contributed by atoms with Crippen molar-refractivity contribution >= 4 is 17.3 Å². The maximum absolute atomic E-state index is 13.4. The van der Waals surface area contributed by atoms with Crippen LogP contribution in [-0.2, 0) is 17.4 Å². The number of carbonyl (C=O) groups is 1. The van der Waals surface area contributed by atoms with Crippen molar-refractivity contribution in [2.24, 2.45) is 0 Å². The van der Waals surface area contributed by atoms with Gasteiger partial charge in [0.2, 0.25) is 5.91 Å². The van der Waals surface area contributed by atoms with Crippen LogP contribution >= 0.6 is 0 Å². The molecule has 150 valence electrons. The smallest absolute Gasteiger partial charge is 0.378 e. The molecule has 0 fully saturated rings. The zero-order valence-electron chi connectivity index (χ0n) is 16.1. The summed E-state index contributed by atoms with van der Waals surface area (Å²) in [6.45, 7) is 0. The van der Waals surface area contributed by atoms with E-state index in [9.17, 15) is 18.0 Å². The molecule has 0 aromatic heterocycles. The molecule has 3 aromatic carbocycles. The second kappa shape index (κ2) is 8.39. The lowest BCUT2D eigenvalue weighted by Crippen LogP contribution is -2.19. The first kappa shape index (κ1) is 20.5. The van der Waals surface area contributed by atoms with Crippen LogP contribution in [-0.4, -0.2) is 20.0 Å². The lowest BCUT2D eigenvalue weighted by atomic mass is 10.0. The highest BCUT2D eigenvalue weighted by Gasteiger charge is 2.34. The van der Waals surface area contributed by atoms with Crippen molar-refractivity contribution in [1.29, 1.82) is 0 Å². The Labute approximate surface area is 167 Å². The average Bonchev–Trinajstić information content (AvgIpc) is 2.68. The van der Waals surface area contributed by atoms with Gasteiger partial charge in [0, 0.05) is 19.8 Å². The summed E-state index contributed by atoms with van der Waals surface area (Å²) < 4.78 is 40.2. The normalized spacial score (nSPS) is 11.2. The number of nitrogens with zero attached hydrogens (tertiary/aromatic N) is 1. The van der Waals surface area contributed by atoms with Crippen molar-refractivity contribution in [2.75, 3.05) is 24.3 Å². The number of anilines is 2. The number of hydrogen-bond donors (Lipinski definition) is 1. The summed E-state index contributed by atoms with van der Waals surface area (Å²) in [5, 5.41) is 2.40. The van der Waals surface area contributed by atoms with Crippen LogP contribution in [0.1, 0.15) is 11.1 Å². The van der Waals surface area contributed by atoms with Gasteiger partial charge in [-0.05, 0) is 34.9 Å². The summed E-state index contributed by atoms with van der Waals surface area (Å²) in [6, 6.07) is 21.0. The molecule has 3 nitrogen and oxygen atoms in total. The van der Waals surface area contributed by atoms with E-state index < -0.39 is 17.6 Å². The van der Waals surface area contributed by atoms with E-state index in [1.54, 1.807) is 25.1 Å². The van der Waals surface area contributed by atoms with Gasteiger partial charge in [0.25, 0.3) is 0 Å². The number of nitrogens with one attached hydrogen (secondary N) is 1. The maximum Gasteiger partial charge on any atom is 0.418 e. The Morgan fingerprint density at radius 3 is 2.10 bits per heavy atom. The van der Waals surface area contributed by atoms with Crippen LogP contribution in [0.4, 0.5) is 24.5 Å². The summed E-state index contributed by atoms with van der Waals surface area (Å²) in [5.41, 5.74) is 2.09. The maximum atomic E-state index is 13.4. The monoisotopic (exact) mass is 398 g/mol. The summed E-state index contributed by atoms with van der Waals surface area (Å²) in [5.74, 6) is -0.499. The molecule has 3 rings (SSSR count). The highest BCUT2D eigenvalue weighted by molar-refractivity contribution is 5.93. The van der Waals surface area contributed by atoms with E-state index in [0.29, 0.717) is 5.69 Å². The molecule has 0 aliphatic rings. The Kier molecular flexibility index (Phi) is 5.92. The van der Waals surface area contributed by atoms with E-state index in [1.165, 1.54) is 6.07 Å². The Morgan fingerprint density at radius 1 is 0.897 bits per heavy atom. The molecular formula is C23H21F3N2O. The molecule has 0 saturated carbocycles. The van der Waals surface area contributed by atoms with Crippen LogP contribution in [0.3, 0.4) is 0 Å². The predicted octanol–water partition coefficient (Wildman–Crippen LogP) is 5.62. The van der Waals surface area contributed by atoms with E-state index >= 15 is 0 Å². The molecule has 0 spiro atoms. The minimum absolute atomic E-state index is 0.0121. The molecule has 0 bridgehead atoms. The lowest BCUT2D eigenvalue weighted by Gasteiger charge is -2.18. The topological polar surface area (TPSA) is 32.3 Å². The predicted molar refractivity (Wildman–Crippen MR) is 110 cm³/mol. The van der Waals surface area contributed by atoms with Gasteiger partial charge in [-0.3, -0.25) is 4.79 Å². The van der Waals surface area contributed by atoms with Crippen LogP contribution in [0, 0.1) is 0 Å². The number of halogens is 3. The first-order valence-electron chi connectivity index (χ1n) is 9.07. The fraction of sp³-hybridized carbons (Fsp3) is 0.174. The third kappa shape index (κ3) is 5.16. The number of hydrogen-bond acceptors (Lipinski definition) is 2. The Balaban J connectivity index is 1.74. The van der Waals surface area contributed by atoms with E-state index in [4.69, 9.17) is 0 Å². The van der Waals surface area contributed by atoms with Gasteiger partial charge in [0.1, 0.15) is 0 Å². The first-order chi connectivity index (χ1) is 13.7. The number of alkyl halides is 3. The SMILES string of the molecule is CN(C)c1ccc(NC(=O)Cc2ccc(-c3ccccc3)cc2)c(C(F)(F)F)c1. The summed E-state index contributed by atoms with van der Waals surface area (Å²) in [6.07, 6.45) is -4.58. The molecule has 0 aliphatic heterocycles. The van der Waals surface area contributed by atoms with Crippen molar-refractivity contribution in [3.8, 4) is 11.1 Å². The van der Waals surface area contributed by atoms with Crippen LogP contribution in [0.5, 0.6) is 0 Å². The summed E-state index contributed by atoms with van der Waals surface area (Å²) in [4.78, 5) is 13.9. The van der Waals surface area contributed by atoms with Crippen molar-refractivity contribution in [1.82, 2.24) is 0 Å². The second-order valence-corrected chi connectivity index (χ2v) is 6.91. The van der Waals surface area contributed by atoms with Gasteiger partial charge >= 0.3 is 6.18 Å². The van der Waals surface area contributed by atoms with E-state index in [0.717, 1.165) is 22.8 Å². The van der Waals surface area contributed by atoms with Crippen molar-refractivity contribution in [3.63, 3.8) is 0 Å². The number of carbonyl (C=O) groups excluding carboxylic acids is 1. The van der Waals surface area contributed by atoms with Crippen LogP contribution in [0.2, 0.25) is 0 Å². The Bertz CT molecular complexity index is 981. The summed E-state index contributed by atoms with van der Waals surface area (Å²) in [7, 11) is 3.32. The van der Waals surface area contributed by atoms with E-state index in [-0.39, 0.29) is 12.1 Å². The highest BCUT2D eigenvalue weighted by atomic mass is 19.4. The molecule has 0 aliphatic carbocycles. The Morgan fingerprint density at radius 2 is 1.52 bits per heavy atom. The first-order valence-corrected chi connectivity index (χ1v) is 9.07. The number of benzene rings is 3. The fourth-order valence-electron chi connectivity index (χ4n) is 2.98. The van der Waals surface area contributed by atoms with E-state index in [1.807, 2.05) is 54.6 Å². The zero-order valence-corrected chi connectivity index (χ0v) is 16.1. The molecule has 0 unspecified atom stereocenters. The molecule has 6 heteroatoms. The zero-order chi connectivity index (χ0) is 21.0. The van der Waals surface area contributed by atoms with Crippen molar-refractivity contribution in [2.45, 2.75) is 12.6 Å². The minimum atomic E-state index is -4.56. The Hall–Kier alpha value is -3.28. The van der Waals surface area contributed by atoms with Crippen LogP contribution < -0.4 is 10.2 Å². The average molecular weight is 398 g/mol.